The van der Waals surface area contributed by atoms with Gasteiger partial charge in [0.15, 0.2) is 0 Å². The van der Waals surface area contributed by atoms with Crippen molar-refractivity contribution < 1.29 is 5.11 Å². The number of rotatable bonds is 2. The van der Waals surface area contributed by atoms with E-state index in [1.165, 1.54) is 0 Å². The summed E-state index contributed by atoms with van der Waals surface area (Å²) >= 11 is 4.15. The zero-order valence-electron chi connectivity index (χ0n) is 12.1. The number of benzene rings is 2. The van der Waals surface area contributed by atoms with Gasteiger partial charge in [-0.3, -0.25) is 0 Å². The average molecular weight is 527 g/mol. The van der Waals surface area contributed by atoms with Gasteiger partial charge >= 0.3 is 0 Å². The van der Waals surface area contributed by atoms with Crippen LogP contribution in [0.3, 0.4) is 0 Å². The summed E-state index contributed by atoms with van der Waals surface area (Å²) in [4.78, 5) is 7.68. The predicted molar refractivity (Wildman–Crippen MR) is 108 cm³/mol. The molecule has 1 heterocycles. The third kappa shape index (κ3) is 3.35. The first-order valence-corrected chi connectivity index (χ1v) is 8.90. The molecule has 0 radical (unpaired) electrons. The number of aromatic nitrogens is 2. The van der Waals surface area contributed by atoms with Crippen LogP contribution in [0.1, 0.15) is 17.0 Å². The van der Waals surface area contributed by atoms with E-state index in [-0.39, 0.29) is 5.75 Å². The summed E-state index contributed by atoms with van der Waals surface area (Å²) < 4.78 is 1.50. The maximum Gasteiger partial charge on any atom is 0.149 e. The maximum absolute atomic E-state index is 9.84. The van der Waals surface area contributed by atoms with Gasteiger partial charge in [-0.1, -0.05) is 6.07 Å². The standard InChI is InChI=1S/C17H11I2N3O/c1-9-2-3-14-15(4-9)22-17(21-14)11(8-20)5-10-6-12(18)16(23)13(19)7-10/h2-7,23H,1H3,(H,21,22)/b11-5-. The second-order valence-corrected chi connectivity index (χ2v) is 7.43. The number of nitrogens with zero attached hydrogens (tertiary/aromatic N) is 2. The van der Waals surface area contributed by atoms with Crippen LogP contribution in [-0.2, 0) is 0 Å². The molecule has 23 heavy (non-hydrogen) atoms. The Morgan fingerprint density at radius 3 is 2.61 bits per heavy atom. The van der Waals surface area contributed by atoms with Gasteiger partial charge in [-0.2, -0.15) is 5.26 Å². The molecule has 1 aromatic heterocycles. The summed E-state index contributed by atoms with van der Waals surface area (Å²) in [6.45, 7) is 2.02. The molecule has 0 fully saturated rings. The number of aryl methyl sites for hydroxylation is 1. The number of allylic oxidation sites excluding steroid dienone is 1. The maximum atomic E-state index is 9.84. The largest absolute Gasteiger partial charge is 0.506 e. The summed E-state index contributed by atoms with van der Waals surface area (Å²) in [5.74, 6) is 0.812. The van der Waals surface area contributed by atoms with Crippen LogP contribution in [0.4, 0.5) is 0 Å². The lowest BCUT2D eigenvalue weighted by Crippen LogP contribution is -1.87. The highest BCUT2D eigenvalue weighted by atomic mass is 127. The van der Waals surface area contributed by atoms with E-state index in [0.717, 1.165) is 29.3 Å². The van der Waals surface area contributed by atoms with Gasteiger partial charge in [0.2, 0.25) is 0 Å². The third-order valence-corrected chi connectivity index (χ3v) is 5.01. The van der Waals surface area contributed by atoms with E-state index < -0.39 is 0 Å². The molecule has 0 aliphatic rings. The molecule has 0 saturated heterocycles. The topological polar surface area (TPSA) is 72.7 Å². The summed E-state index contributed by atoms with van der Waals surface area (Å²) in [5, 5.41) is 19.3. The Hall–Kier alpha value is -1.60. The number of nitriles is 1. The highest BCUT2D eigenvalue weighted by Gasteiger charge is 2.10. The van der Waals surface area contributed by atoms with Gasteiger partial charge in [0.25, 0.3) is 0 Å². The van der Waals surface area contributed by atoms with Gasteiger partial charge < -0.3 is 10.1 Å². The Morgan fingerprint density at radius 2 is 1.96 bits per heavy atom. The molecule has 0 aliphatic carbocycles. The van der Waals surface area contributed by atoms with E-state index in [1.807, 2.05) is 37.3 Å². The Kier molecular flexibility index (Phi) is 4.59. The van der Waals surface area contributed by atoms with E-state index >= 15 is 0 Å². The van der Waals surface area contributed by atoms with Crippen LogP contribution in [0.25, 0.3) is 22.7 Å². The van der Waals surface area contributed by atoms with Crippen molar-refractivity contribution in [1.29, 1.82) is 5.26 Å². The molecule has 0 unspecified atom stereocenters. The van der Waals surface area contributed by atoms with Gasteiger partial charge in [0.05, 0.1) is 23.7 Å². The number of H-pyrrole nitrogens is 1. The number of halogens is 2. The van der Waals surface area contributed by atoms with Gasteiger partial charge in [-0.25, -0.2) is 4.98 Å². The van der Waals surface area contributed by atoms with E-state index in [1.54, 1.807) is 6.08 Å². The Balaban J connectivity index is 2.09. The zero-order chi connectivity index (χ0) is 16.6. The molecular formula is C17H11I2N3O. The molecule has 6 heteroatoms. The van der Waals surface area contributed by atoms with Crippen molar-refractivity contribution in [2.75, 3.05) is 0 Å². The number of imidazole rings is 1. The fourth-order valence-corrected chi connectivity index (χ4v) is 4.06. The molecule has 0 aliphatic heterocycles. The molecule has 0 bridgehead atoms. The number of aromatic amines is 1. The Bertz CT molecular complexity index is 960. The molecule has 2 N–H and O–H groups in total. The van der Waals surface area contributed by atoms with E-state index in [4.69, 9.17) is 0 Å². The highest BCUT2D eigenvalue weighted by Crippen LogP contribution is 2.29. The Morgan fingerprint density at radius 1 is 1.26 bits per heavy atom. The van der Waals surface area contributed by atoms with Crippen LogP contribution < -0.4 is 0 Å². The molecule has 0 amide bonds. The summed E-state index contributed by atoms with van der Waals surface area (Å²) in [7, 11) is 0. The van der Waals surface area contributed by atoms with Crippen LogP contribution in [0.5, 0.6) is 5.75 Å². The lowest BCUT2D eigenvalue weighted by Gasteiger charge is -2.03. The van der Waals surface area contributed by atoms with Gasteiger partial charge in [-0.15, -0.1) is 0 Å². The second kappa shape index (κ2) is 6.49. The van der Waals surface area contributed by atoms with Crippen LogP contribution in [0, 0.1) is 25.4 Å². The van der Waals surface area contributed by atoms with Crippen LogP contribution >= 0.6 is 45.2 Å². The minimum atomic E-state index is 0.265. The van der Waals surface area contributed by atoms with Crippen molar-refractivity contribution in [2.24, 2.45) is 0 Å². The van der Waals surface area contributed by atoms with Gasteiger partial charge in [0.1, 0.15) is 17.6 Å². The number of nitrogens with one attached hydrogen (secondary N) is 1. The molecular weight excluding hydrogens is 516 g/mol. The molecule has 114 valence electrons. The summed E-state index contributed by atoms with van der Waals surface area (Å²) in [5.41, 5.74) is 4.19. The quantitative estimate of drug-likeness (QED) is 0.370. The molecule has 3 rings (SSSR count). The number of hydrogen-bond donors (Lipinski definition) is 2. The first kappa shape index (κ1) is 16.3. The smallest absolute Gasteiger partial charge is 0.149 e. The number of aromatic hydroxyl groups is 1. The van der Waals surface area contributed by atoms with Crippen molar-refractivity contribution >= 4 is 67.9 Å². The minimum Gasteiger partial charge on any atom is -0.506 e. The van der Waals surface area contributed by atoms with Gasteiger partial charge in [0, 0.05) is 0 Å². The third-order valence-electron chi connectivity index (χ3n) is 3.36. The Labute approximate surface area is 160 Å². The van der Waals surface area contributed by atoms with Crippen molar-refractivity contribution in [3.05, 3.63) is 54.4 Å². The van der Waals surface area contributed by atoms with Crippen molar-refractivity contribution in [3.8, 4) is 11.8 Å². The number of phenolic OH excluding ortho intramolecular Hbond substituents is 1. The molecule has 0 spiro atoms. The number of hydrogen-bond acceptors (Lipinski definition) is 3. The molecule has 0 atom stereocenters. The monoisotopic (exact) mass is 527 g/mol. The normalized spacial score (nSPS) is 11.7. The van der Waals surface area contributed by atoms with Gasteiger partial charge in [-0.05, 0) is 93.6 Å². The second-order valence-electron chi connectivity index (χ2n) is 5.11. The number of phenols is 1. The van der Waals surface area contributed by atoms with E-state index in [0.29, 0.717) is 11.4 Å². The minimum absolute atomic E-state index is 0.265. The SMILES string of the molecule is Cc1ccc2nc(/C(C#N)=C\c3cc(I)c(O)c(I)c3)[nH]c2c1. The van der Waals surface area contributed by atoms with Crippen LogP contribution in [0.15, 0.2) is 30.3 Å². The van der Waals surface area contributed by atoms with Crippen LogP contribution in [-0.4, -0.2) is 15.1 Å². The van der Waals surface area contributed by atoms with Crippen molar-refractivity contribution in [3.63, 3.8) is 0 Å². The van der Waals surface area contributed by atoms with Crippen molar-refractivity contribution in [1.82, 2.24) is 9.97 Å². The zero-order valence-corrected chi connectivity index (χ0v) is 16.4. The lowest BCUT2D eigenvalue weighted by atomic mass is 10.1. The first-order valence-electron chi connectivity index (χ1n) is 6.74. The van der Waals surface area contributed by atoms with Crippen LogP contribution in [0.2, 0.25) is 0 Å². The average Bonchev–Trinajstić information content (AvgIpc) is 2.92. The van der Waals surface area contributed by atoms with Crippen molar-refractivity contribution in [2.45, 2.75) is 6.92 Å². The molecule has 0 saturated carbocycles. The van der Waals surface area contributed by atoms with E-state index in [9.17, 15) is 10.4 Å². The summed E-state index contributed by atoms with van der Waals surface area (Å²) in [6.07, 6.45) is 1.77. The summed E-state index contributed by atoms with van der Waals surface area (Å²) in [6, 6.07) is 11.8. The predicted octanol–water partition coefficient (Wildman–Crippen LogP) is 4.85. The molecule has 2 aromatic carbocycles. The highest BCUT2D eigenvalue weighted by molar-refractivity contribution is 14.1. The molecule has 4 nitrogen and oxygen atoms in total. The lowest BCUT2D eigenvalue weighted by molar-refractivity contribution is 0.467. The first-order chi connectivity index (χ1) is 11.0. The molecule has 3 aromatic rings. The van der Waals surface area contributed by atoms with E-state index in [2.05, 4.69) is 61.2 Å². The number of fused-ring (bicyclic) bond motifs is 1. The fourth-order valence-electron chi connectivity index (χ4n) is 2.24. The fraction of sp³-hybridized carbons (Fsp3) is 0.0588.